The molecular formula is C20H23ClN4O3. The van der Waals surface area contributed by atoms with Crippen molar-refractivity contribution in [2.75, 3.05) is 19.6 Å². The fourth-order valence-electron chi connectivity index (χ4n) is 3.97. The van der Waals surface area contributed by atoms with Gasteiger partial charge in [-0.3, -0.25) is 14.5 Å². The van der Waals surface area contributed by atoms with E-state index in [9.17, 15) is 14.4 Å². The molecule has 2 saturated heterocycles. The third kappa shape index (κ3) is 3.71. The Labute approximate surface area is 168 Å². The summed E-state index contributed by atoms with van der Waals surface area (Å²) >= 11 is 6.07. The molecule has 4 rings (SSSR count). The number of hydrogen-bond donors (Lipinski definition) is 2. The van der Waals surface area contributed by atoms with Gasteiger partial charge < -0.3 is 15.2 Å². The molecule has 2 aliphatic rings. The SMILES string of the molecule is O=C(CCC1NC(=O)N(CCc2c[nH]c3ccc(Cl)cc23)C1=O)N1CCCC1. The Bertz CT molecular complexity index is 919. The van der Waals surface area contributed by atoms with Crippen LogP contribution in [0, 0.1) is 0 Å². The van der Waals surface area contributed by atoms with Gasteiger partial charge in [0.15, 0.2) is 0 Å². The zero-order valence-corrected chi connectivity index (χ0v) is 16.3. The minimum atomic E-state index is -0.614. The highest BCUT2D eigenvalue weighted by Crippen LogP contribution is 2.23. The van der Waals surface area contributed by atoms with Crippen molar-refractivity contribution < 1.29 is 14.4 Å². The van der Waals surface area contributed by atoms with Gasteiger partial charge in [-0.1, -0.05) is 11.6 Å². The summed E-state index contributed by atoms with van der Waals surface area (Å²) < 4.78 is 0. The van der Waals surface area contributed by atoms with Crippen LogP contribution < -0.4 is 5.32 Å². The molecule has 0 bridgehead atoms. The molecule has 148 valence electrons. The molecule has 2 aliphatic heterocycles. The number of hydrogen-bond acceptors (Lipinski definition) is 3. The van der Waals surface area contributed by atoms with Crippen molar-refractivity contribution in [2.24, 2.45) is 0 Å². The zero-order chi connectivity index (χ0) is 19.7. The average Bonchev–Trinajstić information content (AvgIpc) is 3.39. The molecule has 0 saturated carbocycles. The first kappa shape index (κ1) is 18.8. The van der Waals surface area contributed by atoms with Gasteiger partial charge in [0.1, 0.15) is 6.04 Å². The third-order valence-corrected chi connectivity index (χ3v) is 5.78. The van der Waals surface area contributed by atoms with E-state index in [1.807, 2.05) is 29.3 Å². The quantitative estimate of drug-likeness (QED) is 0.728. The van der Waals surface area contributed by atoms with Crippen LogP contribution in [0.5, 0.6) is 0 Å². The molecule has 1 aromatic heterocycles. The molecule has 1 aromatic carbocycles. The van der Waals surface area contributed by atoms with Gasteiger partial charge in [0, 0.05) is 48.2 Å². The van der Waals surface area contributed by atoms with Gasteiger partial charge >= 0.3 is 6.03 Å². The number of urea groups is 1. The lowest BCUT2D eigenvalue weighted by Gasteiger charge is -2.16. The molecule has 2 aromatic rings. The molecule has 1 atom stereocenters. The van der Waals surface area contributed by atoms with E-state index < -0.39 is 6.04 Å². The van der Waals surface area contributed by atoms with Crippen molar-refractivity contribution in [1.29, 1.82) is 0 Å². The lowest BCUT2D eigenvalue weighted by Crippen LogP contribution is -2.34. The minimum Gasteiger partial charge on any atom is -0.361 e. The highest BCUT2D eigenvalue weighted by molar-refractivity contribution is 6.31. The van der Waals surface area contributed by atoms with Crippen LogP contribution in [0.3, 0.4) is 0 Å². The van der Waals surface area contributed by atoms with Crippen molar-refractivity contribution in [3.8, 4) is 0 Å². The number of benzene rings is 1. The Morgan fingerprint density at radius 2 is 2.00 bits per heavy atom. The predicted molar refractivity (Wildman–Crippen MR) is 106 cm³/mol. The number of amides is 4. The topological polar surface area (TPSA) is 85.5 Å². The van der Waals surface area contributed by atoms with E-state index in [0.29, 0.717) is 24.4 Å². The Kier molecular flexibility index (Phi) is 5.26. The maximum Gasteiger partial charge on any atom is 0.324 e. The van der Waals surface area contributed by atoms with Crippen LogP contribution in [-0.2, 0) is 16.0 Å². The Morgan fingerprint density at radius 3 is 2.79 bits per heavy atom. The summed E-state index contributed by atoms with van der Waals surface area (Å²) in [4.78, 5) is 43.3. The van der Waals surface area contributed by atoms with Crippen molar-refractivity contribution in [3.05, 3.63) is 35.0 Å². The number of rotatable bonds is 6. The number of fused-ring (bicyclic) bond motifs is 1. The average molecular weight is 403 g/mol. The molecule has 4 amide bonds. The number of nitrogens with zero attached hydrogens (tertiary/aromatic N) is 2. The van der Waals surface area contributed by atoms with Crippen LogP contribution in [0.25, 0.3) is 10.9 Å². The van der Waals surface area contributed by atoms with E-state index >= 15 is 0 Å². The number of aromatic nitrogens is 1. The summed E-state index contributed by atoms with van der Waals surface area (Å²) in [6, 6.07) is 4.59. The summed E-state index contributed by atoms with van der Waals surface area (Å²) in [5.74, 6) is -0.189. The van der Waals surface area contributed by atoms with Gasteiger partial charge in [0.25, 0.3) is 5.91 Å². The number of nitrogens with one attached hydrogen (secondary N) is 2. The molecule has 2 N–H and O–H groups in total. The number of aromatic amines is 1. The summed E-state index contributed by atoms with van der Waals surface area (Å²) in [6.45, 7) is 1.88. The van der Waals surface area contributed by atoms with E-state index in [1.165, 1.54) is 4.90 Å². The predicted octanol–water partition coefficient (Wildman–Crippen LogP) is 2.69. The Balaban J connectivity index is 1.34. The molecular weight excluding hydrogens is 380 g/mol. The van der Waals surface area contributed by atoms with Gasteiger partial charge in [0.05, 0.1) is 0 Å². The molecule has 1 unspecified atom stereocenters. The Hall–Kier alpha value is -2.54. The molecule has 2 fully saturated rings. The van der Waals surface area contributed by atoms with Gasteiger partial charge in [-0.25, -0.2) is 4.79 Å². The summed E-state index contributed by atoms with van der Waals surface area (Å²) in [7, 11) is 0. The van der Waals surface area contributed by atoms with Crippen LogP contribution in [0.15, 0.2) is 24.4 Å². The van der Waals surface area contributed by atoms with Crippen molar-refractivity contribution in [2.45, 2.75) is 38.1 Å². The largest absolute Gasteiger partial charge is 0.361 e. The molecule has 3 heterocycles. The summed E-state index contributed by atoms with van der Waals surface area (Å²) in [6.07, 6.45) is 5.13. The van der Waals surface area contributed by atoms with Gasteiger partial charge in [-0.15, -0.1) is 0 Å². The number of H-pyrrole nitrogens is 1. The van der Waals surface area contributed by atoms with Crippen molar-refractivity contribution in [3.63, 3.8) is 0 Å². The standard InChI is InChI=1S/C20H23ClN4O3/c21-14-3-4-16-15(11-14)13(12-22-16)7-10-25-19(27)17(23-20(25)28)5-6-18(26)24-8-1-2-9-24/h3-4,11-12,17,22H,1-2,5-10H2,(H,23,28). The van der Waals surface area contributed by atoms with Crippen LogP contribution >= 0.6 is 11.6 Å². The maximum absolute atomic E-state index is 12.6. The van der Waals surface area contributed by atoms with E-state index in [-0.39, 0.29) is 24.3 Å². The van der Waals surface area contributed by atoms with Crippen LogP contribution in [-0.4, -0.2) is 58.3 Å². The van der Waals surface area contributed by atoms with Crippen LogP contribution in [0.2, 0.25) is 5.02 Å². The summed E-state index contributed by atoms with van der Waals surface area (Å²) in [5.41, 5.74) is 1.97. The number of halogens is 1. The second-order valence-corrected chi connectivity index (χ2v) is 7.81. The van der Waals surface area contributed by atoms with Crippen LogP contribution in [0.4, 0.5) is 4.79 Å². The fraction of sp³-hybridized carbons (Fsp3) is 0.450. The maximum atomic E-state index is 12.6. The molecule has 7 nitrogen and oxygen atoms in total. The minimum absolute atomic E-state index is 0.0636. The first-order chi connectivity index (χ1) is 13.5. The molecule has 0 aliphatic carbocycles. The monoisotopic (exact) mass is 402 g/mol. The van der Waals surface area contributed by atoms with E-state index in [1.54, 1.807) is 0 Å². The van der Waals surface area contributed by atoms with E-state index in [0.717, 1.165) is 42.4 Å². The van der Waals surface area contributed by atoms with Crippen molar-refractivity contribution in [1.82, 2.24) is 20.1 Å². The number of carbonyl (C=O) groups is 3. The van der Waals surface area contributed by atoms with E-state index in [4.69, 9.17) is 11.6 Å². The normalized spacial score (nSPS) is 19.7. The second kappa shape index (κ2) is 7.83. The first-order valence-corrected chi connectivity index (χ1v) is 10.1. The highest BCUT2D eigenvalue weighted by Gasteiger charge is 2.37. The lowest BCUT2D eigenvalue weighted by molar-refractivity contribution is -0.131. The smallest absolute Gasteiger partial charge is 0.324 e. The lowest BCUT2D eigenvalue weighted by atomic mass is 10.1. The number of imide groups is 1. The third-order valence-electron chi connectivity index (χ3n) is 5.55. The number of carbonyl (C=O) groups excluding carboxylic acids is 3. The molecule has 28 heavy (non-hydrogen) atoms. The van der Waals surface area contributed by atoms with Gasteiger partial charge in [0.2, 0.25) is 5.91 Å². The molecule has 0 spiro atoms. The fourth-order valence-corrected chi connectivity index (χ4v) is 4.14. The van der Waals surface area contributed by atoms with E-state index in [2.05, 4.69) is 10.3 Å². The Morgan fingerprint density at radius 1 is 1.21 bits per heavy atom. The zero-order valence-electron chi connectivity index (χ0n) is 15.5. The summed E-state index contributed by atoms with van der Waals surface area (Å²) in [5, 5.41) is 4.35. The first-order valence-electron chi connectivity index (χ1n) is 9.68. The van der Waals surface area contributed by atoms with Crippen LogP contribution in [0.1, 0.15) is 31.2 Å². The van der Waals surface area contributed by atoms with Gasteiger partial charge in [-0.2, -0.15) is 0 Å². The molecule has 0 radical (unpaired) electrons. The van der Waals surface area contributed by atoms with Gasteiger partial charge in [-0.05, 0) is 49.4 Å². The second-order valence-electron chi connectivity index (χ2n) is 7.37. The van der Waals surface area contributed by atoms with Crippen molar-refractivity contribution >= 4 is 40.3 Å². The molecule has 8 heteroatoms. The highest BCUT2D eigenvalue weighted by atomic mass is 35.5. The number of likely N-dealkylation sites (tertiary alicyclic amines) is 1.